The van der Waals surface area contributed by atoms with E-state index in [9.17, 15) is 4.79 Å². The molecule has 1 aromatic rings. The van der Waals surface area contributed by atoms with Gasteiger partial charge >= 0.3 is 0 Å². The largest absolute Gasteiger partial charge is 0.483 e. The molecule has 0 unspecified atom stereocenters. The van der Waals surface area contributed by atoms with Gasteiger partial charge in [-0.1, -0.05) is 13.0 Å². The van der Waals surface area contributed by atoms with Crippen LogP contribution in [0.4, 0.5) is 0 Å². The third-order valence-corrected chi connectivity index (χ3v) is 3.78. The van der Waals surface area contributed by atoms with Crippen LogP contribution in [0, 0.1) is 0 Å². The number of aryl methyl sites for hydroxylation is 1. The number of nitrogens with zero attached hydrogens (tertiary/aromatic N) is 1. The molecule has 112 valence electrons. The van der Waals surface area contributed by atoms with Crippen molar-refractivity contribution in [3.63, 3.8) is 0 Å². The number of hydrogen-bond acceptors (Lipinski definition) is 2. The van der Waals surface area contributed by atoms with Crippen molar-refractivity contribution in [2.45, 2.75) is 53.1 Å². The minimum Gasteiger partial charge on any atom is -0.483 e. The van der Waals surface area contributed by atoms with Gasteiger partial charge in [-0.3, -0.25) is 4.79 Å². The molecule has 1 amide bonds. The van der Waals surface area contributed by atoms with Crippen LogP contribution in [-0.2, 0) is 11.2 Å². The summed E-state index contributed by atoms with van der Waals surface area (Å²) in [6.07, 6.45) is 0.978. The molecule has 3 nitrogen and oxygen atoms in total. The highest BCUT2D eigenvalue weighted by Gasteiger charge is 2.20. The third kappa shape index (κ3) is 4.51. The predicted molar refractivity (Wildman–Crippen MR) is 86.1 cm³/mol. The summed E-state index contributed by atoms with van der Waals surface area (Å²) in [7, 11) is 0. The normalized spacial score (nSPS) is 11.0. The lowest BCUT2D eigenvalue weighted by atomic mass is 10.2. The fraction of sp³-hybridized carbons (Fsp3) is 0.562. The molecule has 0 N–H and O–H groups in total. The van der Waals surface area contributed by atoms with E-state index in [1.807, 2.05) is 50.8 Å². The van der Waals surface area contributed by atoms with Crippen molar-refractivity contribution in [1.82, 2.24) is 4.90 Å². The van der Waals surface area contributed by atoms with Crippen LogP contribution in [0.1, 0.15) is 40.2 Å². The summed E-state index contributed by atoms with van der Waals surface area (Å²) in [4.78, 5) is 14.1. The molecule has 20 heavy (non-hydrogen) atoms. The summed E-state index contributed by atoms with van der Waals surface area (Å²) in [5, 5.41) is 0. The Labute approximate surface area is 130 Å². The molecule has 0 heterocycles. The van der Waals surface area contributed by atoms with Crippen LogP contribution in [0.25, 0.3) is 0 Å². The van der Waals surface area contributed by atoms with Gasteiger partial charge in [-0.25, -0.2) is 0 Å². The molecule has 0 spiro atoms. The Morgan fingerprint density at radius 2 is 1.85 bits per heavy atom. The van der Waals surface area contributed by atoms with Crippen LogP contribution in [0.3, 0.4) is 0 Å². The van der Waals surface area contributed by atoms with Gasteiger partial charge in [-0.05, 0) is 67.7 Å². The average molecular weight is 342 g/mol. The van der Waals surface area contributed by atoms with Crippen LogP contribution >= 0.6 is 15.9 Å². The number of ether oxygens (including phenoxy) is 1. The first-order valence-electron chi connectivity index (χ1n) is 7.09. The number of hydrogen-bond donors (Lipinski definition) is 0. The maximum Gasteiger partial charge on any atom is 0.260 e. The maximum atomic E-state index is 12.2. The summed E-state index contributed by atoms with van der Waals surface area (Å²) in [6.45, 7) is 10.2. The van der Waals surface area contributed by atoms with Crippen molar-refractivity contribution in [2.24, 2.45) is 0 Å². The first-order valence-corrected chi connectivity index (χ1v) is 7.88. The SMILES string of the molecule is CCc1ccc(OCC(=O)N(C(C)C)C(C)C)c(Br)c1. The summed E-state index contributed by atoms with van der Waals surface area (Å²) < 4.78 is 6.54. The second-order valence-corrected chi connectivity index (χ2v) is 6.25. The molecular formula is C16H24BrNO2. The lowest BCUT2D eigenvalue weighted by Gasteiger charge is -2.30. The molecule has 0 aliphatic rings. The number of amides is 1. The fourth-order valence-corrected chi connectivity index (χ4v) is 2.81. The van der Waals surface area contributed by atoms with E-state index >= 15 is 0 Å². The van der Waals surface area contributed by atoms with E-state index in [-0.39, 0.29) is 24.6 Å². The minimum absolute atomic E-state index is 0.0152. The number of rotatable bonds is 6. The van der Waals surface area contributed by atoms with E-state index in [2.05, 4.69) is 22.9 Å². The Morgan fingerprint density at radius 3 is 2.30 bits per heavy atom. The molecule has 0 saturated heterocycles. The molecule has 0 aromatic heterocycles. The topological polar surface area (TPSA) is 29.5 Å². The Balaban J connectivity index is 2.69. The first-order chi connectivity index (χ1) is 9.36. The van der Waals surface area contributed by atoms with Crippen molar-refractivity contribution in [1.29, 1.82) is 0 Å². The maximum absolute atomic E-state index is 12.2. The zero-order valence-electron chi connectivity index (χ0n) is 12.9. The zero-order chi connectivity index (χ0) is 15.3. The van der Waals surface area contributed by atoms with Crippen molar-refractivity contribution < 1.29 is 9.53 Å². The molecule has 0 fully saturated rings. The van der Waals surface area contributed by atoms with E-state index in [0.717, 1.165) is 10.9 Å². The second-order valence-electron chi connectivity index (χ2n) is 5.40. The lowest BCUT2D eigenvalue weighted by Crippen LogP contribution is -2.44. The monoisotopic (exact) mass is 341 g/mol. The molecule has 4 heteroatoms. The second kappa shape index (κ2) is 7.67. The van der Waals surface area contributed by atoms with E-state index in [1.165, 1.54) is 5.56 Å². The average Bonchev–Trinajstić information content (AvgIpc) is 2.36. The highest BCUT2D eigenvalue weighted by molar-refractivity contribution is 9.10. The van der Waals surface area contributed by atoms with Gasteiger partial charge in [0.2, 0.25) is 0 Å². The summed E-state index contributed by atoms with van der Waals surface area (Å²) in [5.74, 6) is 0.726. The van der Waals surface area contributed by atoms with Gasteiger partial charge in [0.1, 0.15) is 5.75 Å². The highest BCUT2D eigenvalue weighted by atomic mass is 79.9. The van der Waals surface area contributed by atoms with E-state index in [1.54, 1.807) is 0 Å². The van der Waals surface area contributed by atoms with Crippen LogP contribution < -0.4 is 4.74 Å². The summed E-state index contributed by atoms with van der Waals surface area (Å²) in [5.41, 5.74) is 1.24. The van der Waals surface area contributed by atoms with Crippen molar-refractivity contribution in [3.8, 4) is 5.75 Å². The van der Waals surface area contributed by atoms with Crippen molar-refractivity contribution in [3.05, 3.63) is 28.2 Å². The number of carbonyl (C=O) groups is 1. The minimum atomic E-state index is 0.0152. The predicted octanol–water partition coefficient (Wildman–Crippen LogP) is 4.04. The van der Waals surface area contributed by atoms with Gasteiger partial charge in [-0.15, -0.1) is 0 Å². The zero-order valence-corrected chi connectivity index (χ0v) is 14.5. The number of benzene rings is 1. The van der Waals surface area contributed by atoms with Gasteiger partial charge in [0, 0.05) is 12.1 Å². The van der Waals surface area contributed by atoms with Crippen LogP contribution in [0.15, 0.2) is 22.7 Å². The smallest absolute Gasteiger partial charge is 0.260 e. The molecule has 1 rings (SSSR count). The molecule has 1 aromatic carbocycles. The van der Waals surface area contributed by atoms with E-state index in [0.29, 0.717) is 5.75 Å². The number of halogens is 1. The molecule has 0 aliphatic carbocycles. The summed E-state index contributed by atoms with van der Waals surface area (Å²) in [6, 6.07) is 6.31. The molecular weight excluding hydrogens is 318 g/mol. The molecule has 0 saturated carbocycles. The quantitative estimate of drug-likeness (QED) is 0.781. The Bertz CT molecular complexity index is 450. The van der Waals surface area contributed by atoms with Crippen molar-refractivity contribution >= 4 is 21.8 Å². The molecule has 0 bridgehead atoms. The van der Waals surface area contributed by atoms with Gasteiger partial charge in [0.05, 0.1) is 4.47 Å². The third-order valence-electron chi connectivity index (χ3n) is 3.16. The van der Waals surface area contributed by atoms with Gasteiger partial charge in [-0.2, -0.15) is 0 Å². The first kappa shape index (κ1) is 17.0. The standard InChI is InChI=1S/C16H24BrNO2/c1-6-13-7-8-15(14(17)9-13)20-10-16(19)18(11(2)3)12(4)5/h7-9,11-12H,6,10H2,1-5H3. The molecule has 0 radical (unpaired) electrons. The molecule has 0 atom stereocenters. The molecule has 0 aliphatic heterocycles. The lowest BCUT2D eigenvalue weighted by molar-refractivity contribution is -0.137. The fourth-order valence-electron chi connectivity index (χ4n) is 2.27. The highest BCUT2D eigenvalue weighted by Crippen LogP contribution is 2.26. The van der Waals surface area contributed by atoms with Gasteiger partial charge in [0.25, 0.3) is 5.91 Å². The van der Waals surface area contributed by atoms with Gasteiger partial charge < -0.3 is 9.64 Å². The van der Waals surface area contributed by atoms with Crippen molar-refractivity contribution in [2.75, 3.05) is 6.61 Å². The Kier molecular flexibility index (Phi) is 6.53. The van der Waals surface area contributed by atoms with Gasteiger partial charge in [0.15, 0.2) is 6.61 Å². The van der Waals surface area contributed by atoms with Crippen LogP contribution in [0.5, 0.6) is 5.75 Å². The number of carbonyl (C=O) groups excluding carboxylic acids is 1. The Hall–Kier alpha value is -1.03. The summed E-state index contributed by atoms with van der Waals surface area (Å²) >= 11 is 3.48. The van der Waals surface area contributed by atoms with Crippen LogP contribution in [0.2, 0.25) is 0 Å². The Morgan fingerprint density at radius 1 is 1.25 bits per heavy atom. The van der Waals surface area contributed by atoms with E-state index in [4.69, 9.17) is 4.74 Å². The van der Waals surface area contributed by atoms with E-state index < -0.39 is 0 Å². The van der Waals surface area contributed by atoms with Crippen LogP contribution in [-0.4, -0.2) is 29.5 Å².